The average Bonchev–Trinajstić information content (AvgIpc) is 2.04. The van der Waals surface area contributed by atoms with Gasteiger partial charge < -0.3 is 4.43 Å². The number of hydrogen-bond acceptors (Lipinski definition) is 1. The minimum atomic E-state index is -3.24. The summed E-state index contributed by atoms with van der Waals surface area (Å²) in [5, 5.41) is 0. The molecule has 1 heterocycles. The number of hydrogen-bond donors (Lipinski definition) is 0. The Labute approximate surface area is 78.0 Å². The smallest absolute Gasteiger partial charge is 0.286 e. The van der Waals surface area contributed by atoms with Gasteiger partial charge in [-0.3, -0.25) is 0 Å². The van der Waals surface area contributed by atoms with Crippen LogP contribution in [0.4, 0.5) is 13.2 Å². The largest absolute Gasteiger partial charge is 0.413 e. The highest BCUT2D eigenvalue weighted by molar-refractivity contribution is 6.55. The SMILES string of the molecule is CC(C)(F)C(F)(F)[SiH]1CCCCO1. The molecule has 0 aromatic heterocycles. The Morgan fingerprint density at radius 1 is 1.15 bits per heavy atom. The minimum Gasteiger partial charge on any atom is -0.413 e. The molecule has 1 fully saturated rings. The first-order chi connectivity index (χ1) is 5.86. The Balaban J connectivity index is 2.67. The molecule has 13 heavy (non-hydrogen) atoms. The van der Waals surface area contributed by atoms with E-state index in [2.05, 4.69) is 0 Å². The van der Waals surface area contributed by atoms with E-state index in [9.17, 15) is 13.2 Å². The van der Waals surface area contributed by atoms with Gasteiger partial charge in [0.1, 0.15) is 0 Å². The molecule has 1 rings (SSSR count). The summed E-state index contributed by atoms with van der Waals surface area (Å²) >= 11 is 0. The van der Waals surface area contributed by atoms with Gasteiger partial charge in [-0.15, -0.1) is 0 Å². The van der Waals surface area contributed by atoms with Crippen LogP contribution < -0.4 is 0 Å². The van der Waals surface area contributed by atoms with Gasteiger partial charge in [0.15, 0.2) is 5.67 Å². The lowest BCUT2D eigenvalue weighted by Gasteiger charge is -2.34. The van der Waals surface area contributed by atoms with Gasteiger partial charge in [-0.05, 0) is 26.3 Å². The van der Waals surface area contributed by atoms with E-state index in [-0.39, 0.29) is 0 Å². The van der Waals surface area contributed by atoms with Gasteiger partial charge in [-0.2, -0.15) is 0 Å². The van der Waals surface area contributed by atoms with Crippen LogP contribution in [0.2, 0.25) is 6.04 Å². The summed E-state index contributed by atoms with van der Waals surface area (Å²) in [6.45, 7) is 2.23. The van der Waals surface area contributed by atoms with Gasteiger partial charge in [-0.1, -0.05) is 6.42 Å². The quantitative estimate of drug-likeness (QED) is 0.639. The van der Waals surface area contributed by atoms with Crippen molar-refractivity contribution in [1.29, 1.82) is 0 Å². The molecule has 0 amide bonds. The highest BCUT2D eigenvalue weighted by Gasteiger charge is 2.55. The van der Waals surface area contributed by atoms with Crippen LogP contribution in [-0.2, 0) is 4.43 Å². The Bertz CT molecular complexity index is 173. The zero-order valence-electron chi connectivity index (χ0n) is 7.95. The van der Waals surface area contributed by atoms with Crippen molar-refractivity contribution < 1.29 is 17.6 Å². The van der Waals surface area contributed by atoms with E-state index in [1.165, 1.54) is 0 Å². The van der Waals surface area contributed by atoms with Crippen LogP contribution in [0.1, 0.15) is 26.7 Å². The van der Waals surface area contributed by atoms with Crippen molar-refractivity contribution in [2.45, 2.75) is 43.9 Å². The Hall–Kier alpha value is -0.0331. The van der Waals surface area contributed by atoms with Crippen LogP contribution in [0, 0.1) is 0 Å². The number of halogens is 3. The lowest BCUT2D eigenvalue weighted by Crippen LogP contribution is -2.54. The first-order valence-electron chi connectivity index (χ1n) is 4.54. The van der Waals surface area contributed by atoms with E-state index in [4.69, 9.17) is 4.43 Å². The molecular formula is C8H15F3OSi. The maximum Gasteiger partial charge on any atom is 0.286 e. The molecule has 1 atom stereocenters. The first kappa shape index (κ1) is 11.0. The molecule has 0 N–H and O–H groups in total. The van der Waals surface area contributed by atoms with Crippen LogP contribution >= 0.6 is 0 Å². The topological polar surface area (TPSA) is 9.23 Å². The van der Waals surface area contributed by atoms with E-state index < -0.39 is 20.3 Å². The molecule has 0 aromatic carbocycles. The first-order valence-corrected chi connectivity index (χ1v) is 6.40. The van der Waals surface area contributed by atoms with Crippen LogP contribution in [-0.4, -0.2) is 26.9 Å². The van der Waals surface area contributed by atoms with Crippen LogP contribution in [0.5, 0.6) is 0 Å². The fourth-order valence-corrected chi connectivity index (χ4v) is 4.02. The van der Waals surface area contributed by atoms with Gasteiger partial charge in [0.25, 0.3) is 14.6 Å². The molecule has 0 spiro atoms. The van der Waals surface area contributed by atoms with Gasteiger partial charge in [-0.25, -0.2) is 13.2 Å². The van der Waals surface area contributed by atoms with Crippen molar-refractivity contribution in [3.05, 3.63) is 0 Å². The fourth-order valence-electron chi connectivity index (χ4n) is 1.41. The summed E-state index contributed by atoms with van der Waals surface area (Å²) in [5.74, 6) is 0. The minimum absolute atomic E-state index is 0.378. The predicted octanol–water partition coefficient (Wildman–Crippen LogP) is 2.44. The van der Waals surface area contributed by atoms with Crippen molar-refractivity contribution in [1.82, 2.24) is 0 Å². The van der Waals surface area contributed by atoms with Crippen LogP contribution in [0.15, 0.2) is 0 Å². The molecule has 78 valence electrons. The highest BCUT2D eigenvalue weighted by atomic mass is 28.3. The summed E-state index contributed by atoms with van der Waals surface area (Å²) in [6.07, 6.45) is 1.58. The fraction of sp³-hybridized carbons (Fsp3) is 1.00. The van der Waals surface area contributed by atoms with Gasteiger partial charge >= 0.3 is 0 Å². The van der Waals surface area contributed by atoms with Crippen molar-refractivity contribution in [2.75, 3.05) is 6.61 Å². The third kappa shape index (κ3) is 2.25. The van der Waals surface area contributed by atoms with Crippen molar-refractivity contribution >= 4 is 9.04 Å². The summed E-state index contributed by atoms with van der Waals surface area (Å²) in [6, 6.07) is 0.389. The van der Waals surface area contributed by atoms with Crippen LogP contribution in [0.25, 0.3) is 0 Å². The summed E-state index contributed by atoms with van der Waals surface area (Å²) in [5.41, 5.74) is -5.69. The Kier molecular flexibility index (Phi) is 3.07. The standard InChI is InChI=1S/C8H15F3OSi/c1-7(2,9)8(10,11)13-6-4-3-5-12-13/h13H,3-6H2,1-2H3. The molecule has 0 saturated carbocycles. The molecule has 0 bridgehead atoms. The molecule has 1 saturated heterocycles. The normalized spacial score (nSPS) is 26.1. The van der Waals surface area contributed by atoms with E-state index >= 15 is 0 Å². The van der Waals surface area contributed by atoms with E-state index in [0.29, 0.717) is 12.7 Å². The molecule has 0 radical (unpaired) electrons. The second-order valence-corrected chi connectivity index (χ2v) is 6.56. The maximum atomic E-state index is 13.4. The molecule has 0 aliphatic carbocycles. The van der Waals surface area contributed by atoms with E-state index in [1.54, 1.807) is 0 Å². The predicted molar refractivity (Wildman–Crippen MR) is 47.3 cm³/mol. The third-order valence-electron chi connectivity index (χ3n) is 2.38. The Morgan fingerprint density at radius 2 is 1.77 bits per heavy atom. The highest BCUT2D eigenvalue weighted by Crippen LogP contribution is 2.37. The number of alkyl halides is 3. The molecule has 1 aliphatic rings. The molecule has 1 unspecified atom stereocenters. The number of rotatable bonds is 2. The second-order valence-electron chi connectivity index (χ2n) is 3.95. The van der Waals surface area contributed by atoms with E-state index in [1.807, 2.05) is 0 Å². The van der Waals surface area contributed by atoms with Crippen molar-refractivity contribution in [3.8, 4) is 0 Å². The molecule has 1 nitrogen and oxygen atoms in total. The zero-order chi connectivity index (χ0) is 10.1. The molecular weight excluding hydrogens is 197 g/mol. The lowest BCUT2D eigenvalue weighted by atomic mass is 10.2. The van der Waals surface area contributed by atoms with Gasteiger partial charge in [0.05, 0.1) is 0 Å². The monoisotopic (exact) mass is 212 g/mol. The lowest BCUT2D eigenvalue weighted by molar-refractivity contribution is -0.0696. The molecule has 1 aliphatic heterocycles. The third-order valence-corrected chi connectivity index (χ3v) is 5.44. The van der Waals surface area contributed by atoms with Crippen LogP contribution in [0.3, 0.4) is 0 Å². The average molecular weight is 212 g/mol. The molecule has 5 heteroatoms. The molecule has 0 aromatic rings. The zero-order valence-corrected chi connectivity index (χ0v) is 9.10. The summed E-state index contributed by atoms with van der Waals surface area (Å²) < 4.78 is 44.9. The van der Waals surface area contributed by atoms with E-state index in [0.717, 1.165) is 26.7 Å². The summed E-state index contributed by atoms with van der Waals surface area (Å²) in [4.78, 5) is 0. The maximum absolute atomic E-state index is 13.4. The summed E-state index contributed by atoms with van der Waals surface area (Å²) in [7, 11) is -2.67. The van der Waals surface area contributed by atoms with Gasteiger partial charge in [0.2, 0.25) is 0 Å². The van der Waals surface area contributed by atoms with Gasteiger partial charge in [0, 0.05) is 6.61 Å². The second kappa shape index (κ2) is 3.61. The van der Waals surface area contributed by atoms with Crippen molar-refractivity contribution in [3.63, 3.8) is 0 Å². The van der Waals surface area contributed by atoms with Crippen molar-refractivity contribution in [2.24, 2.45) is 0 Å². The Morgan fingerprint density at radius 3 is 2.15 bits per heavy atom.